The second kappa shape index (κ2) is 7.98. The zero-order valence-corrected chi connectivity index (χ0v) is 13.7. The third kappa shape index (κ3) is 4.19. The van der Waals surface area contributed by atoms with Crippen molar-refractivity contribution in [3.05, 3.63) is 0 Å². The van der Waals surface area contributed by atoms with Crippen LogP contribution in [0.1, 0.15) is 65.3 Å². The molecular weight excluding hydrogens is 270 g/mol. The SMILES string of the molecule is CCC(CC)NCC(C)Sc1nnnn1C1CCCC1. The van der Waals surface area contributed by atoms with Crippen LogP contribution in [0.4, 0.5) is 0 Å². The summed E-state index contributed by atoms with van der Waals surface area (Å²) in [6, 6.07) is 1.15. The average Bonchev–Trinajstić information content (AvgIpc) is 3.10. The zero-order valence-electron chi connectivity index (χ0n) is 12.9. The van der Waals surface area contributed by atoms with E-state index in [4.69, 9.17) is 0 Å². The van der Waals surface area contributed by atoms with E-state index in [1.165, 1.54) is 38.5 Å². The van der Waals surface area contributed by atoms with Gasteiger partial charge in [-0.15, -0.1) is 5.10 Å². The standard InChI is InChI=1S/C14H27N5S/c1-4-12(5-2)15-10-11(3)20-14-16-17-18-19(14)13-8-6-7-9-13/h11-13,15H,4-10H2,1-3H3. The molecule has 0 saturated heterocycles. The van der Waals surface area contributed by atoms with E-state index in [9.17, 15) is 0 Å². The molecule has 1 N–H and O–H groups in total. The third-order valence-corrected chi connectivity index (χ3v) is 5.17. The Hall–Kier alpha value is -0.620. The number of rotatable bonds is 8. The zero-order chi connectivity index (χ0) is 14.4. The number of tetrazole rings is 1. The number of hydrogen-bond acceptors (Lipinski definition) is 5. The minimum atomic E-state index is 0.488. The summed E-state index contributed by atoms with van der Waals surface area (Å²) in [7, 11) is 0. The van der Waals surface area contributed by atoms with E-state index in [1.54, 1.807) is 11.8 Å². The summed E-state index contributed by atoms with van der Waals surface area (Å²) in [6.07, 6.45) is 7.43. The second-order valence-corrected chi connectivity index (χ2v) is 7.10. The molecule has 0 aliphatic heterocycles. The lowest BCUT2D eigenvalue weighted by molar-refractivity contribution is 0.422. The molecule has 1 heterocycles. The van der Waals surface area contributed by atoms with Gasteiger partial charge in [0.15, 0.2) is 0 Å². The van der Waals surface area contributed by atoms with Gasteiger partial charge in [0.2, 0.25) is 5.16 Å². The first-order valence-electron chi connectivity index (χ1n) is 7.92. The van der Waals surface area contributed by atoms with E-state index >= 15 is 0 Å². The van der Waals surface area contributed by atoms with Gasteiger partial charge in [0.25, 0.3) is 0 Å². The molecule has 1 aromatic rings. The predicted octanol–water partition coefficient (Wildman–Crippen LogP) is 3.05. The summed E-state index contributed by atoms with van der Waals surface area (Å²) in [6.45, 7) is 7.72. The molecule has 6 heteroatoms. The Morgan fingerprint density at radius 3 is 2.65 bits per heavy atom. The molecular formula is C14H27N5S. The van der Waals surface area contributed by atoms with Crippen LogP contribution in [-0.2, 0) is 0 Å². The van der Waals surface area contributed by atoms with Crippen molar-refractivity contribution < 1.29 is 0 Å². The lowest BCUT2D eigenvalue weighted by Gasteiger charge is -2.18. The Bertz CT molecular complexity index is 385. The molecule has 0 amide bonds. The lowest BCUT2D eigenvalue weighted by Crippen LogP contribution is -2.32. The lowest BCUT2D eigenvalue weighted by atomic mass is 10.2. The summed E-state index contributed by atoms with van der Waals surface area (Å²) >= 11 is 1.79. The van der Waals surface area contributed by atoms with Crippen molar-refractivity contribution in [3.8, 4) is 0 Å². The number of aromatic nitrogens is 4. The fraction of sp³-hybridized carbons (Fsp3) is 0.929. The topological polar surface area (TPSA) is 55.6 Å². The first-order chi connectivity index (χ1) is 9.74. The highest BCUT2D eigenvalue weighted by atomic mass is 32.2. The Morgan fingerprint density at radius 2 is 2.00 bits per heavy atom. The van der Waals surface area contributed by atoms with Crippen molar-refractivity contribution in [2.24, 2.45) is 0 Å². The van der Waals surface area contributed by atoms with Gasteiger partial charge in [0.05, 0.1) is 6.04 Å². The van der Waals surface area contributed by atoms with Crippen molar-refractivity contribution in [2.45, 2.75) is 81.8 Å². The van der Waals surface area contributed by atoms with Crippen molar-refractivity contribution in [3.63, 3.8) is 0 Å². The molecule has 1 unspecified atom stereocenters. The van der Waals surface area contributed by atoms with E-state index < -0.39 is 0 Å². The van der Waals surface area contributed by atoms with Gasteiger partial charge >= 0.3 is 0 Å². The van der Waals surface area contributed by atoms with Crippen molar-refractivity contribution in [1.29, 1.82) is 0 Å². The van der Waals surface area contributed by atoms with Crippen molar-refractivity contribution >= 4 is 11.8 Å². The normalized spacial score (nSPS) is 18.0. The monoisotopic (exact) mass is 297 g/mol. The second-order valence-electron chi connectivity index (χ2n) is 5.69. The highest BCUT2D eigenvalue weighted by Crippen LogP contribution is 2.32. The maximum atomic E-state index is 4.21. The van der Waals surface area contributed by atoms with Gasteiger partial charge in [-0.2, -0.15) is 0 Å². The number of nitrogens with one attached hydrogen (secondary N) is 1. The smallest absolute Gasteiger partial charge is 0.209 e. The Balaban J connectivity index is 1.85. The summed E-state index contributed by atoms with van der Waals surface area (Å²) in [4.78, 5) is 0. The summed E-state index contributed by atoms with van der Waals surface area (Å²) in [5, 5.41) is 17.4. The van der Waals surface area contributed by atoms with E-state index in [-0.39, 0.29) is 0 Å². The Labute approximate surface area is 126 Å². The minimum Gasteiger partial charge on any atom is -0.313 e. The van der Waals surface area contributed by atoms with Crippen molar-refractivity contribution in [1.82, 2.24) is 25.5 Å². The van der Waals surface area contributed by atoms with Crippen LogP contribution >= 0.6 is 11.8 Å². The molecule has 114 valence electrons. The van der Waals surface area contributed by atoms with E-state index in [2.05, 4.69) is 41.6 Å². The summed E-state index contributed by atoms with van der Waals surface area (Å²) in [5.41, 5.74) is 0. The summed E-state index contributed by atoms with van der Waals surface area (Å²) in [5.74, 6) is 0. The molecule has 1 aromatic heterocycles. The largest absolute Gasteiger partial charge is 0.313 e. The minimum absolute atomic E-state index is 0.488. The van der Waals surface area contributed by atoms with Crippen molar-refractivity contribution in [2.75, 3.05) is 6.54 Å². The third-order valence-electron chi connectivity index (χ3n) is 4.12. The van der Waals surface area contributed by atoms with Crippen LogP contribution < -0.4 is 5.32 Å². The van der Waals surface area contributed by atoms with Crippen LogP contribution in [0.25, 0.3) is 0 Å². The van der Waals surface area contributed by atoms with Gasteiger partial charge in [-0.05, 0) is 36.1 Å². The molecule has 5 nitrogen and oxygen atoms in total. The van der Waals surface area contributed by atoms with Gasteiger partial charge in [-0.25, -0.2) is 4.68 Å². The number of hydrogen-bond donors (Lipinski definition) is 1. The van der Waals surface area contributed by atoms with Gasteiger partial charge in [-0.1, -0.05) is 45.4 Å². The quantitative estimate of drug-likeness (QED) is 0.747. The van der Waals surface area contributed by atoms with E-state index in [0.717, 1.165) is 11.7 Å². The molecule has 1 saturated carbocycles. The fourth-order valence-corrected chi connectivity index (χ4v) is 3.69. The van der Waals surface area contributed by atoms with Crippen LogP contribution in [0.3, 0.4) is 0 Å². The Kier molecular flexibility index (Phi) is 6.29. The van der Waals surface area contributed by atoms with E-state index in [1.807, 2.05) is 4.68 Å². The molecule has 1 aliphatic rings. The molecule has 0 aromatic carbocycles. The molecule has 1 atom stereocenters. The molecule has 1 aliphatic carbocycles. The Morgan fingerprint density at radius 1 is 1.30 bits per heavy atom. The van der Waals surface area contributed by atoms with Gasteiger partial charge in [0.1, 0.15) is 0 Å². The van der Waals surface area contributed by atoms with Crippen LogP contribution in [0, 0.1) is 0 Å². The van der Waals surface area contributed by atoms with Crippen LogP contribution in [0.5, 0.6) is 0 Å². The van der Waals surface area contributed by atoms with E-state index in [0.29, 0.717) is 17.3 Å². The van der Waals surface area contributed by atoms with Crippen LogP contribution in [0.15, 0.2) is 5.16 Å². The van der Waals surface area contributed by atoms with Crippen LogP contribution in [-0.4, -0.2) is 38.0 Å². The maximum Gasteiger partial charge on any atom is 0.209 e. The van der Waals surface area contributed by atoms with Gasteiger partial charge < -0.3 is 5.32 Å². The fourth-order valence-electron chi connectivity index (χ4n) is 2.77. The van der Waals surface area contributed by atoms with Gasteiger partial charge in [0, 0.05) is 17.8 Å². The van der Waals surface area contributed by atoms with Gasteiger partial charge in [-0.3, -0.25) is 0 Å². The predicted molar refractivity (Wildman–Crippen MR) is 83.0 cm³/mol. The maximum absolute atomic E-state index is 4.21. The van der Waals surface area contributed by atoms with Crippen LogP contribution in [0.2, 0.25) is 0 Å². The summed E-state index contributed by atoms with van der Waals surface area (Å²) < 4.78 is 2.05. The molecule has 0 bridgehead atoms. The first-order valence-corrected chi connectivity index (χ1v) is 8.80. The highest BCUT2D eigenvalue weighted by Gasteiger charge is 2.22. The molecule has 0 spiro atoms. The molecule has 1 fully saturated rings. The molecule has 20 heavy (non-hydrogen) atoms. The molecule has 2 rings (SSSR count). The number of nitrogens with zero attached hydrogens (tertiary/aromatic N) is 4. The number of thioether (sulfide) groups is 1. The average molecular weight is 297 g/mol. The first kappa shape index (κ1) is 15.8. The molecule has 0 radical (unpaired) electrons. The highest BCUT2D eigenvalue weighted by molar-refractivity contribution is 7.99.